The first-order chi connectivity index (χ1) is 6.68. The molecule has 4 nitrogen and oxygen atoms in total. The summed E-state index contributed by atoms with van der Waals surface area (Å²) in [6.45, 7) is 6.85. The molecule has 1 N–H and O–H groups in total. The highest BCUT2D eigenvalue weighted by Gasteiger charge is 2.35. The van der Waals surface area contributed by atoms with Gasteiger partial charge in [-0.25, -0.2) is 0 Å². The molecule has 5 heteroatoms. The minimum atomic E-state index is 0.226. The van der Waals surface area contributed by atoms with Gasteiger partial charge >= 0.3 is 0 Å². The Labute approximate surface area is 88.0 Å². The summed E-state index contributed by atoms with van der Waals surface area (Å²) in [4.78, 5) is 0. The molecule has 1 aromatic rings. The van der Waals surface area contributed by atoms with Crippen molar-refractivity contribution in [1.82, 2.24) is 14.1 Å². The molecule has 1 unspecified atom stereocenters. The number of hydrogen-bond donors (Lipinski definition) is 1. The molecular weight excluding hydrogens is 198 g/mol. The van der Waals surface area contributed by atoms with Gasteiger partial charge in [-0.2, -0.15) is 8.75 Å². The van der Waals surface area contributed by atoms with Crippen LogP contribution in [-0.2, 0) is 11.3 Å². The van der Waals surface area contributed by atoms with E-state index in [-0.39, 0.29) is 5.41 Å². The Morgan fingerprint density at radius 2 is 2.57 bits per heavy atom. The lowest BCUT2D eigenvalue weighted by Crippen LogP contribution is -2.40. The highest BCUT2D eigenvalue weighted by atomic mass is 32.1. The van der Waals surface area contributed by atoms with Crippen molar-refractivity contribution in [2.45, 2.75) is 26.4 Å². The van der Waals surface area contributed by atoms with Crippen molar-refractivity contribution in [2.75, 3.05) is 13.2 Å². The van der Waals surface area contributed by atoms with Gasteiger partial charge in [-0.1, -0.05) is 13.8 Å². The van der Waals surface area contributed by atoms with Crippen molar-refractivity contribution in [2.24, 2.45) is 5.41 Å². The number of nitrogens with one attached hydrogen (secondary N) is 1. The van der Waals surface area contributed by atoms with Crippen LogP contribution in [0, 0.1) is 5.41 Å². The second kappa shape index (κ2) is 3.92. The van der Waals surface area contributed by atoms with Gasteiger partial charge in [-0.15, -0.1) is 0 Å². The molecule has 0 bridgehead atoms. The van der Waals surface area contributed by atoms with Crippen LogP contribution in [0.5, 0.6) is 0 Å². The van der Waals surface area contributed by atoms with Crippen LogP contribution in [0.3, 0.4) is 0 Å². The Kier molecular flexibility index (Phi) is 2.80. The summed E-state index contributed by atoms with van der Waals surface area (Å²) in [6, 6.07) is 0.421. The first-order valence-electron chi connectivity index (χ1n) is 4.76. The zero-order valence-electron chi connectivity index (χ0n) is 8.49. The third-order valence-electron chi connectivity index (χ3n) is 2.64. The average molecular weight is 213 g/mol. The zero-order valence-corrected chi connectivity index (χ0v) is 9.30. The zero-order chi connectivity index (χ0) is 10.0. The van der Waals surface area contributed by atoms with E-state index in [9.17, 15) is 0 Å². The van der Waals surface area contributed by atoms with Crippen LogP contribution in [0.2, 0.25) is 0 Å². The topological polar surface area (TPSA) is 47.0 Å². The Balaban J connectivity index is 1.86. The summed E-state index contributed by atoms with van der Waals surface area (Å²) in [6.07, 6.45) is 1.81. The number of rotatable bonds is 3. The van der Waals surface area contributed by atoms with Crippen molar-refractivity contribution in [3.8, 4) is 0 Å². The number of aromatic nitrogens is 2. The fraction of sp³-hybridized carbons (Fsp3) is 0.778. The Morgan fingerprint density at radius 1 is 1.71 bits per heavy atom. The SMILES string of the molecule is CC1(C)COCC1NCc1cnsn1. The quantitative estimate of drug-likeness (QED) is 0.815. The number of hydrogen-bond acceptors (Lipinski definition) is 5. The largest absolute Gasteiger partial charge is 0.379 e. The van der Waals surface area contributed by atoms with Crippen LogP contribution in [0.25, 0.3) is 0 Å². The first kappa shape index (κ1) is 10.0. The lowest BCUT2D eigenvalue weighted by atomic mass is 9.88. The van der Waals surface area contributed by atoms with Crippen molar-refractivity contribution in [1.29, 1.82) is 0 Å². The van der Waals surface area contributed by atoms with Gasteiger partial charge < -0.3 is 10.1 Å². The van der Waals surface area contributed by atoms with Crippen molar-refractivity contribution < 1.29 is 4.74 Å². The molecule has 1 fully saturated rings. The fourth-order valence-corrected chi connectivity index (χ4v) is 2.02. The van der Waals surface area contributed by atoms with Gasteiger partial charge in [-0.3, -0.25) is 0 Å². The molecular formula is C9H15N3OS. The van der Waals surface area contributed by atoms with Crippen LogP contribution in [-0.4, -0.2) is 28.0 Å². The summed E-state index contributed by atoms with van der Waals surface area (Å²) in [7, 11) is 0. The third-order valence-corrected chi connectivity index (χ3v) is 3.15. The van der Waals surface area contributed by atoms with E-state index in [4.69, 9.17) is 4.74 Å². The van der Waals surface area contributed by atoms with E-state index in [2.05, 4.69) is 27.9 Å². The van der Waals surface area contributed by atoms with Gasteiger partial charge in [0.15, 0.2) is 0 Å². The highest BCUT2D eigenvalue weighted by Crippen LogP contribution is 2.27. The Morgan fingerprint density at radius 3 is 3.14 bits per heavy atom. The molecule has 1 saturated heterocycles. The molecule has 1 atom stereocenters. The van der Waals surface area contributed by atoms with Crippen LogP contribution < -0.4 is 5.32 Å². The smallest absolute Gasteiger partial charge is 0.0880 e. The van der Waals surface area contributed by atoms with Gasteiger partial charge in [0.2, 0.25) is 0 Å². The Hall–Kier alpha value is -0.520. The molecule has 0 saturated carbocycles. The normalized spacial score (nSPS) is 25.4. The molecule has 0 radical (unpaired) electrons. The van der Waals surface area contributed by atoms with E-state index < -0.39 is 0 Å². The fourth-order valence-electron chi connectivity index (χ4n) is 1.59. The van der Waals surface area contributed by atoms with Crippen LogP contribution in [0.4, 0.5) is 0 Å². The minimum Gasteiger partial charge on any atom is -0.379 e. The maximum atomic E-state index is 5.45. The van der Waals surface area contributed by atoms with Gasteiger partial charge in [0.25, 0.3) is 0 Å². The molecule has 0 aliphatic carbocycles. The second-order valence-corrected chi connectivity index (χ2v) is 4.89. The van der Waals surface area contributed by atoms with Gasteiger partial charge in [0, 0.05) is 18.0 Å². The number of nitrogens with zero attached hydrogens (tertiary/aromatic N) is 2. The number of ether oxygens (including phenoxy) is 1. The van der Waals surface area contributed by atoms with E-state index in [0.29, 0.717) is 6.04 Å². The molecule has 1 aromatic heterocycles. The summed E-state index contributed by atoms with van der Waals surface area (Å²) >= 11 is 1.25. The summed E-state index contributed by atoms with van der Waals surface area (Å²) < 4.78 is 13.6. The van der Waals surface area contributed by atoms with Gasteiger partial charge in [0.05, 0.1) is 36.8 Å². The lowest BCUT2D eigenvalue weighted by molar-refractivity contribution is 0.166. The molecule has 14 heavy (non-hydrogen) atoms. The molecule has 2 heterocycles. The van der Waals surface area contributed by atoms with E-state index >= 15 is 0 Å². The second-order valence-electron chi connectivity index (χ2n) is 4.34. The molecule has 1 aliphatic rings. The highest BCUT2D eigenvalue weighted by molar-refractivity contribution is 6.99. The maximum absolute atomic E-state index is 5.45. The van der Waals surface area contributed by atoms with Gasteiger partial charge in [-0.05, 0) is 0 Å². The van der Waals surface area contributed by atoms with E-state index in [1.165, 1.54) is 11.7 Å². The third kappa shape index (κ3) is 2.10. The molecule has 0 aromatic carbocycles. The van der Waals surface area contributed by atoms with Gasteiger partial charge in [0.1, 0.15) is 0 Å². The Bertz CT molecular complexity index is 286. The lowest BCUT2D eigenvalue weighted by Gasteiger charge is -2.25. The predicted molar refractivity (Wildman–Crippen MR) is 55.1 cm³/mol. The molecule has 0 amide bonds. The van der Waals surface area contributed by atoms with Crippen molar-refractivity contribution >= 4 is 11.7 Å². The summed E-state index contributed by atoms with van der Waals surface area (Å²) in [5.41, 5.74) is 1.24. The van der Waals surface area contributed by atoms with Crippen LogP contribution in [0.15, 0.2) is 6.20 Å². The molecule has 78 valence electrons. The molecule has 2 rings (SSSR count). The first-order valence-corrected chi connectivity index (χ1v) is 5.49. The summed E-state index contributed by atoms with van der Waals surface area (Å²) in [5, 5.41) is 3.45. The minimum absolute atomic E-state index is 0.226. The average Bonchev–Trinajstić information content (AvgIpc) is 2.71. The van der Waals surface area contributed by atoms with Crippen LogP contribution in [0.1, 0.15) is 19.5 Å². The summed E-state index contributed by atoms with van der Waals surface area (Å²) in [5.74, 6) is 0. The van der Waals surface area contributed by atoms with E-state index in [1.54, 1.807) is 6.20 Å². The molecule has 0 spiro atoms. The maximum Gasteiger partial charge on any atom is 0.0880 e. The molecule has 1 aliphatic heterocycles. The van der Waals surface area contributed by atoms with Crippen molar-refractivity contribution in [3.05, 3.63) is 11.9 Å². The van der Waals surface area contributed by atoms with E-state index in [0.717, 1.165) is 25.5 Å². The standard InChI is InChI=1S/C9H15N3OS/c1-9(2)6-13-5-8(9)10-3-7-4-11-14-12-7/h4,8,10H,3,5-6H2,1-2H3. The van der Waals surface area contributed by atoms with Crippen LogP contribution >= 0.6 is 11.7 Å². The predicted octanol–water partition coefficient (Wildman–Crippen LogP) is 1.05. The van der Waals surface area contributed by atoms with E-state index in [1.807, 2.05) is 0 Å². The van der Waals surface area contributed by atoms with Crippen molar-refractivity contribution in [3.63, 3.8) is 0 Å². The monoisotopic (exact) mass is 213 g/mol.